The first-order valence-electron chi connectivity index (χ1n) is 7.03. The molecule has 1 heterocycles. The van der Waals surface area contributed by atoms with E-state index in [2.05, 4.69) is 6.92 Å². The Morgan fingerprint density at radius 3 is 2.71 bits per heavy atom. The fraction of sp³-hybridized carbons (Fsp3) is 0.375. The lowest BCUT2D eigenvalue weighted by Gasteiger charge is -2.18. The highest BCUT2D eigenvalue weighted by molar-refractivity contribution is 8.26. The van der Waals surface area contributed by atoms with Gasteiger partial charge >= 0.3 is 0 Å². The van der Waals surface area contributed by atoms with Crippen molar-refractivity contribution in [2.24, 2.45) is 0 Å². The lowest BCUT2D eigenvalue weighted by molar-refractivity contribution is -0.123. The molecule has 0 bridgehead atoms. The summed E-state index contributed by atoms with van der Waals surface area (Å²) >= 11 is 6.64. The van der Waals surface area contributed by atoms with E-state index in [1.807, 2.05) is 44.2 Å². The number of nitrogens with zero attached hydrogens (tertiary/aromatic N) is 1. The average molecular weight is 321 g/mol. The SMILES string of the molecule is CCCOc1ccccc1/C=C1\SC(=S)N(C(C)C)C1=O. The molecule has 0 spiro atoms. The van der Waals surface area contributed by atoms with Crippen LogP contribution in [0.25, 0.3) is 6.08 Å². The minimum atomic E-state index is -0.0229. The highest BCUT2D eigenvalue weighted by Crippen LogP contribution is 2.35. The van der Waals surface area contributed by atoms with Gasteiger partial charge in [0.15, 0.2) is 0 Å². The van der Waals surface area contributed by atoms with E-state index in [1.54, 1.807) is 4.90 Å². The van der Waals surface area contributed by atoms with E-state index in [9.17, 15) is 4.79 Å². The van der Waals surface area contributed by atoms with Gasteiger partial charge in [-0.3, -0.25) is 9.69 Å². The maximum Gasteiger partial charge on any atom is 0.266 e. The molecule has 0 radical (unpaired) electrons. The number of rotatable bonds is 5. The number of carbonyl (C=O) groups excluding carboxylic acids is 1. The molecule has 5 heteroatoms. The molecule has 1 aliphatic rings. The fourth-order valence-corrected chi connectivity index (χ4v) is 3.52. The third kappa shape index (κ3) is 3.66. The summed E-state index contributed by atoms with van der Waals surface area (Å²) in [6.45, 7) is 6.66. The molecular formula is C16H19NO2S2. The van der Waals surface area contributed by atoms with Crippen molar-refractivity contribution in [1.82, 2.24) is 4.90 Å². The molecule has 112 valence electrons. The highest BCUT2D eigenvalue weighted by atomic mass is 32.2. The van der Waals surface area contributed by atoms with Gasteiger partial charge in [0.2, 0.25) is 0 Å². The van der Waals surface area contributed by atoms with Crippen LogP contribution in [0.3, 0.4) is 0 Å². The minimum Gasteiger partial charge on any atom is -0.493 e. The summed E-state index contributed by atoms with van der Waals surface area (Å²) in [6, 6.07) is 7.82. The molecule has 1 aromatic rings. The van der Waals surface area contributed by atoms with Crippen LogP contribution in [0.4, 0.5) is 0 Å². The highest BCUT2D eigenvalue weighted by Gasteiger charge is 2.33. The Kier molecular flexibility index (Phi) is 5.42. The average Bonchev–Trinajstić information content (AvgIpc) is 2.72. The second-order valence-electron chi connectivity index (χ2n) is 5.03. The Balaban J connectivity index is 2.28. The molecular weight excluding hydrogens is 302 g/mol. The largest absolute Gasteiger partial charge is 0.493 e. The first-order valence-corrected chi connectivity index (χ1v) is 8.26. The zero-order valence-corrected chi connectivity index (χ0v) is 14.1. The Morgan fingerprint density at radius 1 is 1.38 bits per heavy atom. The number of ether oxygens (including phenoxy) is 1. The lowest BCUT2D eigenvalue weighted by atomic mass is 10.2. The fourth-order valence-electron chi connectivity index (χ4n) is 2.01. The van der Waals surface area contributed by atoms with Gasteiger partial charge < -0.3 is 4.74 Å². The topological polar surface area (TPSA) is 29.5 Å². The van der Waals surface area contributed by atoms with E-state index in [-0.39, 0.29) is 11.9 Å². The predicted octanol–water partition coefficient (Wildman–Crippen LogP) is 4.09. The van der Waals surface area contributed by atoms with Crippen molar-refractivity contribution >= 4 is 40.3 Å². The van der Waals surface area contributed by atoms with E-state index in [0.717, 1.165) is 17.7 Å². The number of hydrogen-bond acceptors (Lipinski definition) is 4. The van der Waals surface area contributed by atoms with Gasteiger partial charge in [0.05, 0.1) is 11.5 Å². The number of thiocarbonyl (C=S) groups is 1. The van der Waals surface area contributed by atoms with Crippen LogP contribution in [0.1, 0.15) is 32.8 Å². The number of hydrogen-bond donors (Lipinski definition) is 0. The molecule has 0 N–H and O–H groups in total. The van der Waals surface area contributed by atoms with Crippen molar-refractivity contribution in [3.8, 4) is 5.75 Å². The van der Waals surface area contributed by atoms with Gasteiger partial charge in [-0.25, -0.2) is 0 Å². The van der Waals surface area contributed by atoms with Crippen molar-refractivity contribution < 1.29 is 9.53 Å². The quantitative estimate of drug-likeness (QED) is 0.603. The molecule has 1 aromatic carbocycles. The van der Waals surface area contributed by atoms with Gasteiger partial charge in [-0.05, 0) is 32.4 Å². The van der Waals surface area contributed by atoms with E-state index >= 15 is 0 Å². The van der Waals surface area contributed by atoms with Crippen molar-refractivity contribution in [3.05, 3.63) is 34.7 Å². The third-order valence-corrected chi connectivity index (χ3v) is 4.34. The molecule has 0 aromatic heterocycles. The summed E-state index contributed by atoms with van der Waals surface area (Å²) in [4.78, 5) is 14.7. The summed E-state index contributed by atoms with van der Waals surface area (Å²) in [7, 11) is 0. The van der Waals surface area contributed by atoms with Crippen LogP contribution in [0.2, 0.25) is 0 Å². The summed E-state index contributed by atoms with van der Waals surface area (Å²) in [6.07, 6.45) is 2.82. The maximum absolute atomic E-state index is 12.4. The summed E-state index contributed by atoms with van der Waals surface area (Å²) in [5.74, 6) is 0.777. The zero-order valence-electron chi connectivity index (χ0n) is 12.5. The van der Waals surface area contributed by atoms with Crippen LogP contribution in [0.5, 0.6) is 5.75 Å². The van der Waals surface area contributed by atoms with Crippen LogP contribution in [-0.2, 0) is 4.79 Å². The van der Waals surface area contributed by atoms with Gasteiger partial charge in [-0.2, -0.15) is 0 Å². The molecule has 21 heavy (non-hydrogen) atoms. The van der Waals surface area contributed by atoms with Gasteiger partial charge in [0.25, 0.3) is 5.91 Å². The first kappa shape index (κ1) is 16.0. The maximum atomic E-state index is 12.4. The summed E-state index contributed by atoms with van der Waals surface area (Å²) in [5, 5.41) is 0. The summed E-state index contributed by atoms with van der Waals surface area (Å²) < 4.78 is 6.34. The van der Waals surface area contributed by atoms with Gasteiger partial charge in [-0.1, -0.05) is 49.1 Å². The third-order valence-electron chi connectivity index (χ3n) is 3.01. The lowest BCUT2D eigenvalue weighted by Crippen LogP contribution is -2.34. The number of thioether (sulfide) groups is 1. The Morgan fingerprint density at radius 2 is 2.10 bits per heavy atom. The van der Waals surface area contributed by atoms with Gasteiger partial charge in [0.1, 0.15) is 10.1 Å². The van der Waals surface area contributed by atoms with E-state index in [1.165, 1.54) is 11.8 Å². The number of para-hydroxylation sites is 1. The van der Waals surface area contributed by atoms with Crippen LogP contribution in [0, 0.1) is 0 Å². The first-order chi connectivity index (χ1) is 10.0. The van der Waals surface area contributed by atoms with Gasteiger partial charge in [-0.15, -0.1) is 0 Å². The van der Waals surface area contributed by atoms with E-state index in [4.69, 9.17) is 17.0 Å². The van der Waals surface area contributed by atoms with Crippen LogP contribution in [-0.4, -0.2) is 27.8 Å². The molecule has 1 aliphatic heterocycles. The monoisotopic (exact) mass is 321 g/mol. The van der Waals surface area contributed by atoms with Crippen molar-refractivity contribution in [2.75, 3.05) is 6.61 Å². The smallest absolute Gasteiger partial charge is 0.266 e. The molecule has 1 amide bonds. The second kappa shape index (κ2) is 7.09. The summed E-state index contributed by atoms with van der Waals surface area (Å²) in [5.41, 5.74) is 0.912. The molecule has 0 aliphatic carbocycles. The Bertz CT molecular complexity index is 581. The van der Waals surface area contributed by atoms with E-state index in [0.29, 0.717) is 15.8 Å². The molecule has 2 rings (SSSR count). The van der Waals surface area contributed by atoms with Crippen LogP contribution >= 0.6 is 24.0 Å². The molecule has 0 saturated carbocycles. The molecule has 1 fully saturated rings. The zero-order chi connectivity index (χ0) is 15.4. The normalized spacial score (nSPS) is 17.1. The van der Waals surface area contributed by atoms with E-state index < -0.39 is 0 Å². The molecule has 3 nitrogen and oxygen atoms in total. The van der Waals surface area contributed by atoms with Crippen LogP contribution < -0.4 is 4.74 Å². The van der Waals surface area contributed by atoms with Gasteiger partial charge in [0, 0.05) is 11.6 Å². The predicted molar refractivity (Wildman–Crippen MR) is 92.4 cm³/mol. The Labute approximate surface area is 135 Å². The van der Waals surface area contributed by atoms with Crippen molar-refractivity contribution in [3.63, 3.8) is 0 Å². The number of amides is 1. The molecule has 0 unspecified atom stereocenters. The Hall–Kier alpha value is -1.33. The minimum absolute atomic E-state index is 0.0229. The van der Waals surface area contributed by atoms with Crippen LogP contribution in [0.15, 0.2) is 29.2 Å². The molecule has 0 atom stereocenters. The van der Waals surface area contributed by atoms with Crippen molar-refractivity contribution in [1.29, 1.82) is 0 Å². The molecule has 1 saturated heterocycles. The number of carbonyl (C=O) groups is 1. The van der Waals surface area contributed by atoms with Crippen molar-refractivity contribution in [2.45, 2.75) is 33.2 Å². The standard InChI is InChI=1S/C16H19NO2S2/c1-4-9-19-13-8-6-5-7-12(13)10-14-15(18)17(11(2)3)16(20)21-14/h5-8,10-11H,4,9H2,1-3H3/b14-10-. The second-order valence-corrected chi connectivity index (χ2v) is 6.71. The number of benzene rings is 1.